The predicted molar refractivity (Wildman–Crippen MR) is 65.0 cm³/mol. The summed E-state index contributed by atoms with van der Waals surface area (Å²) in [6.45, 7) is 0. The maximum Gasteiger partial charge on any atom is 0.329 e. The quantitative estimate of drug-likeness (QED) is 0.734. The largest absolute Gasteiger partial charge is 0.480 e. The normalized spacial score (nSPS) is 17.3. The molecule has 1 aliphatic carbocycles. The minimum atomic E-state index is -1.13. The number of aromatic nitrogens is 1. The molecule has 0 aliphatic heterocycles. The van der Waals surface area contributed by atoms with Crippen molar-refractivity contribution in [1.29, 1.82) is 0 Å². The standard InChI is InChI=1S/C12H15N3O3/c13-9-4-3-8(7-14-9)10(16)15-12(11(17)18)5-1-2-6-12/h3-4,7H,1-2,5-6H2,(H2,13,14)(H,15,16)(H,17,18). The second-order valence-electron chi connectivity index (χ2n) is 4.52. The summed E-state index contributed by atoms with van der Waals surface area (Å²) in [5.41, 5.74) is 4.62. The van der Waals surface area contributed by atoms with Gasteiger partial charge in [0, 0.05) is 6.20 Å². The van der Waals surface area contributed by atoms with Gasteiger partial charge in [-0.1, -0.05) is 12.8 Å². The van der Waals surface area contributed by atoms with Gasteiger partial charge in [-0.3, -0.25) is 4.79 Å². The number of nitrogen functional groups attached to an aromatic ring is 1. The molecule has 0 bridgehead atoms. The van der Waals surface area contributed by atoms with Gasteiger partial charge in [-0.2, -0.15) is 0 Å². The molecule has 0 spiro atoms. The Morgan fingerprint density at radius 1 is 1.33 bits per heavy atom. The topological polar surface area (TPSA) is 105 Å². The Bertz CT molecular complexity index is 464. The molecule has 1 aromatic heterocycles. The summed E-state index contributed by atoms with van der Waals surface area (Å²) < 4.78 is 0. The SMILES string of the molecule is Nc1ccc(C(=O)NC2(C(=O)O)CCCC2)cn1. The fourth-order valence-corrected chi connectivity index (χ4v) is 2.20. The van der Waals surface area contributed by atoms with Gasteiger partial charge in [0.1, 0.15) is 11.4 Å². The number of anilines is 1. The second kappa shape index (κ2) is 4.64. The maximum atomic E-state index is 12.0. The number of carboxylic acids is 1. The third kappa shape index (κ3) is 2.27. The third-order valence-corrected chi connectivity index (χ3v) is 3.27. The van der Waals surface area contributed by atoms with Crippen LogP contribution in [0.2, 0.25) is 0 Å². The monoisotopic (exact) mass is 249 g/mol. The van der Waals surface area contributed by atoms with Crippen molar-refractivity contribution in [3.8, 4) is 0 Å². The van der Waals surface area contributed by atoms with Crippen molar-refractivity contribution in [1.82, 2.24) is 10.3 Å². The number of aliphatic carboxylic acids is 1. The Kier molecular flexibility index (Phi) is 3.18. The van der Waals surface area contributed by atoms with E-state index in [-0.39, 0.29) is 0 Å². The van der Waals surface area contributed by atoms with Crippen LogP contribution in [0.5, 0.6) is 0 Å². The molecular formula is C12H15N3O3. The van der Waals surface area contributed by atoms with Crippen molar-refractivity contribution in [3.63, 3.8) is 0 Å². The molecule has 0 aromatic carbocycles. The van der Waals surface area contributed by atoms with Crippen molar-refractivity contribution in [2.75, 3.05) is 5.73 Å². The molecule has 1 aliphatic rings. The lowest BCUT2D eigenvalue weighted by Gasteiger charge is -2.25. The minimum Gasteiger partial charge on any atom is -0.480 e. The van der Waals surface area contributed by atoms with E-state index < -0.39 is 17.4 Å². The smallest absolute Gasteiger partial charge is 0.329 e. The molecule has 1 fully saturated rings. The summed E-state index contributed by atoms with van der Waals surface area (Å²) in [5.74, 6) is -1.08. The van der Waals surface area contributed by atoms with E-state index in [9.17, 15) is 14.7 Å². The van der Waals surface area contributed by atoms with E-state index in [2.05, 4.69) is 10.3 Å². The molecule has 0 unspecified atom stereocenters. The summed E-state index contributed by atoms with van der Waals surface area (Å²) in [4.78, 5) is 27.1. The van der Waals surface area contributed by atoms with Crippen molar-refractivity contribution in [2.45, 2.75) is 31.2 Å². The van der Waals surface area contributed by atoms with Crippen molar-refractivity contribution in [2.24, 2.45) is 0 Å². The molecule has 96 valence electrons. The van der Waals surface area contributed by atoms with Gasteiger partial charge in [0.25, 0.3) is 5.91 Å². The number of carboxylic acid groups (broad SMARTS) is 1. The van der Waals surface area contributed by atoms with E-state index >= 15 is 0 Å². The third-order valence-electron chi connectivity index (χ3n) is 3.27. The van der Waals surface area contributed by atoms with Gasteiger partial charge < -0.3 is 16.2 Å². The lowest BCUT2D eigenvalue weighted by Crippen LogP contribution is -2.52. The highest BCUT2D eigenvalue weighted by molar-refractivity contribution is 5.97. The maximum absolute atomic E-state index is 12.0. The van der Waals surface area contributed by atoms with Crippen LogP contribution in [0.1, 0.15) is 36.0 Å². The van der Waals surface area contributed by atoms with Crippen LogP contribution in [-0.4, -0.2) is 27.5 Å². The molecular weight excluding hydrogens is 234 g/mol. The molecule has 6 heteroatoms. The summed E-state index contributed by atoms with van der Waals surface area (Å²) in [6.07, 6.45) is 3.90. The lowest BCUT2D eigenvalue weighted by molar-refractivity contribution is -0.144. The van der Waals surface area contributed by atoms with Crippen LogP contribution in [-0.2, 0) is 4.79 Å². The highest BCUT2D eigenvalue weighted by Gasteiger charge is 2.42. The Labute approximate surface area is 104 Å². The first-order valence-electron chi connectivity index (χ1n) is 5.81. The van der Waals surface area contributed by atoms with Crippen LogP contribution in [0.25, 0.3) is 0 Å². The first-order chi connectivity index (χ1) is 8.53. The molecule has 18 heavy (non-hydrogen) atoms. The van der Waals surface area contributed by atoms with E-state index in [1.807, 2.05) is 0 Å². The predicted octanol–water partition coefficient (Wildman–Crippen LogP) is 0.791. The zero-order valence-electron chi connectivity index (χ0n) is 9.85. The molecule has 0 saturated heterocycles. The Hall–Kier alpha value is -2.11. The van der Waals surface area contributed by atoms with Crippen LogP contribution in [0.3, 0.4) is 0 Å². The molecule has 2 rings (SSSR count). The first kappa shape index (κ1) is 12.3. The van der Waals surface area contributed by atoms with Gasteiger partial charge >= 0.3 is 5.97 Å². The van der Waals surface area contributed by atoms with Gasteiger partial charge in [-0.25, -0.2) is 9.78 Å². The fourth-order valence-electron chi connectivity index (χ4n) is 2.20. The molecule has 0 radical (unpaired) electrons. The van der Waals surface area contributed by atoms with E-state index in [1.165, 1.54) is 18.3 Å². The van der Waals surface area contributed by atoms with E-state index in [1.54, 1.807) is 0 Å². The van der Waals surface area contributed by atoms with E-state index in [4.69, 9.17) is 5.73 Å². The highest BCUT2D eigenvalue weighted by Crippen LogP contribution is 2.30. The Balaban J connectivity index is 2.15. The number of nitrogens with one attached hydrogen (secondary N) is 1. The van der Waals surface area contributed by atoms with Gasteiger partial charge in [-0.15, -0.1) is 0 Å². The molecule has 4 N–H and O–H groups in total. The van der Waals surface area contributed by atoms with Crippen molar-refractivity contribution >= 4 is 17.7 Å². The Morgan fingerprint density at radius 2 is 2.00 bits per heavy atom. The Morgan fingerprint density at radius 3 is 2.50 bits per heavy atom. The average Bonchev–Trinajstić information content (AvgIpc) is 2.79. The molecule has 1 amide bonds. The molecule has 1 saturated carbocycles. The molecule has 0 atom stereocenters. The van der Waals surface area contributed by atoms with Gasteiger partial charge in [0.05, 0.1) is 5.56 Å². The fraction of sp³-hybridized carbons (Fsp3) is 0.417. The van der Waals surface area contributed by atoms with Gasteiger partial charge in [-0.05, 0) is 25.0 Å². The first-order valence-corrected chi connectivity index (χ1v) is 5.81. The zero-order valence-corrected chi connectivity index (χ0v) is 9.85. The van der Waals surface area contributed by atoms with Crippen LogP contribution >= 0.6 is 0 Å². The second-order valence-corrected chi connectivity index (χ2v) is 4.52. The molecule has 1 heterocycles. The number of nitrogens with zero attached hydrogens (tertiary/aromatic N) is 1. The van der Waals surface area contributed by atoms with Crippen LogP contribution in [0.4, 0.5) is 5.82 Å². The van der Waals surface area contributed by atoms with Gasteiger partial charge in [0.2, 0.25) is 0 Å². The number of hydrogen-bond acceptors (Lipinski definition) is 4. The molecule has 1 aromatic rings. The summed E-state index contributed by atoms with van der Waals surface area (Å²) >= 11 is 0. The summed E-state index contributed by atoms with van der Waals surface area (Å²) in [6, 6.07) is 3.04. The zero-order chi connectivity index (χ0) is 13.2. The molecule has 6 nitrogen and oxygen atoms in total. The summed E-state index contributed by atoms with van der Waals surface area (Å²) in [7, 11) is 0. The number of carbonyl (C=O) groups excluding carboxylic acids is 1. The van der Waals surface area contributed by atoms with Crippen LogP contribution < -0.4 is 11.1 Å². The number of nitrogens with two attached hydrogens (primary N) is 1. The minimum absolute atomic E-state index is 0.316. The van der Waals surface area contributed by atoms with Crippen molar-refractivity contribution in [3.05, 3.63) is 23.9 Å². The van der Waals surface area contributed by atoms with E-state index in [0.717, 1.165) is 12.8 Å². The van der Waals surface area contributed by atoms with Crippen molar-refractivity contribution < 1.29 is 14.7 Å². The van der Waals surface area contributed by atoms with Gasteiger partial charge in [0.15, 0.2) is 0 Å². The number of pyridine rings is 1. The highest BCUT2D eigenvalue weighted by atomic mass is 16.4. The number of hydrogen-bond donors (Lipinski definition) is 3. The summed E-state index contributed by atoms with van der Waals surface area (Å²) in [5, 5.41) is 11.9. The van der Waals surface area contributed by atoms with E-state index in [0.29, 0.717) is 24.2 Å². The lowest BCUT2D eigenvalue weighted by atomic mass is 9.97. The number of amides is 1. The van der Waals surface area contributed by atoms with Crippen LogP contribution in [0.15, 0.2) is 18.3 Å². The number of rotatable bonds is 3. The van der Waals surface area contributed by atoms with Crippen LogP contribution in [0, 0.1) is 0 Å². The number of carbonyl (C=O) groups is 2. The average molecular weight is 249 g/mol.